The van der Waals surface area contributed by atoms with Crippen LogP contribution in [0.25, 0.3) is 0 Å². The Kier molecular flexibility index (Phi) is 5.03. The third-order valence-electron chi connectivity index (χ3n) is 4.59. The van der Waals surface area contributed by atoms with E-state index in [1.807, 2.05) is 4.90 Å². The summed E-state index contributed by atoms with van der Waals surface area (Å²) in [6.07, 6.45) is 2.11. The highest BCUT2D eigenvalue weighted by atomic mass is 35.5. The van der Waals surface area contributed by atoms with Gasteiger partial charge in [-0.05, 0) is 43.9 Å². The van der Waals surface area contributed by atoms with Crippen molar-refractivity contribution in [1.82, 2.24) is 10.2 Å². The summed E-state index contributed by atoms with van der Waals surface area (Å²) in [4.78, 5) is 24.8. The lowest BCUT2D eigenvalue weighted by atomic mass is 9.92. The van der Waals surface area contributed by atoms with E-state index >= 15 is 0 Å². The van der Waals surface area contributed by atoms with Crippen LogP contribution in [0.15, 0.2) is 18.2 Å². The molecular weight excluding hydrogens is 306 g/mol. The number of nitrogens with zero attached hydrogens (tertiary/aromatic N) is 2. The zero-order valence-electron chi connectivity index (χ0n) is 12.4. The van der Waals surface area contributed by atoms with Crippen LogP contribution in [0.2, 0.25) is 0 Å². The molecule has 3 rings (SSSR count). The molecule has 22 heavy (non-hydrogen) atoms. The molecule has 2 heterocycles. The van der Waals surface area contributed by atoms with Gasteiger partial charge < -0.3 is 10.2 Å². The van der Waals surface area contributed by atoms with Crippen LogP contribution >= 0.6 is 12.4 Å². The summed E-state index contributed by atoms with van der Waals surface area (Å²) >= 11 is 0. The number of nitro benzene ring substituents is 1. The van der Waals surface area contributed by atoms with Crippen molar-refractivity contribution in [3.8, 4) is 0 Å². The second-order valence-corrected chi connectivity index (χ2v) is 5.91. The van der Waals surface area contributed by atoms with Gasteiger partial charge in [0.2, 0.25) is 0 Å². The predicted octanol–water partition coefficient (Wildman–Crippen LogP) is 2.15. The van der Waals surface area contributed by atoms with Crippen molar-refractivity contribution < 1.29 is 9.72 Å². The van der Waals surface area contributed by atoms with E-state index in [0.717, 1.165) is 32.5 Å². The summed E-state index contributed by atoms with van der Waals surface area (Å²) < 4.78 is 0. The van der Waals surface area contributed by atoms with Crippen molar-refractivity contribution in [2.45, 2.75) is 25.8 Å². The number of rotatable bonds is 2. The quantitative estimate of drug-likeness (QED) is 0.667. The molecule has 2 aliphatic heterocycles. The smallest absolute Gasteiger partial charge is 0.269 e. The van der Waals surface area contributed by atoms with Crippen LogP contribution in [0.5, 0.6) is 0 Å². The van der Waals surface area contributed by atoms with Gasteiger partial charge in [-0.15, -0.1) is 12.4 Å². The zero-order chi connectivity index (χ0) is 15.0. The maximum atomic E-state index is 12.6. The number of benzene rings is 1. The molecule has 0 saturated carbocycles. The first-order valence-corrected chi connectivity index (χ1v) is 7.34. The first kappa shape index (κ1) is 16.7. The third kappa shape index (κ3) is 3.08. The van der Waals surface area contributed by atoms with Gasteiger partial charge in [0.15, 0.2) is 0 Å². The first-order valence-electron chi connectivity index (χ1n) is 7.34. The van der Waals surface area contributed by atoms with Crippen molar-refractivity contribution in [1.29, 1.82) is 0 Å². The number of likely N-dealkylation sites (tertiary alicyclic amines) is 1. The van der Waals surface area contributed by atoms with E-state index in [-0.39, 0.29) is 24.0 Å². The molecule has 1 N–H and O–H groups in total. The van der Waals surface area contributed by atoms with Gasteiger partial charge in [0.05, 0.1) is 4.92 Å². The highest BCUT2D eigenvalue weighted by molar-refractivity contribution is 5.96. The molecule has 6 nitrogen and oxygen atoms in total. The predicted molar refractivity (Wildman–Crippen MR) is 85.5 cm³/mol. The number of piperidine rings is 1. The molecule has 2 atom stereocenters. The molecule has 2 saturated heterocycles. The average molecular weight is 326 g/mol. The van der Waals surface area contributed by atoms with Crippen LogP contribution in [0, 0.1) is 23.0 Å². The van der Waals surface area contributed by atoms with Crippen molar-refractivity contribution in [3.63, 3.8) is 0 Å². The summed E-state index contributed by atoms with van der Waals surface area (Å²) in [6, 6.07) is 5.00. The SMILES string of the molecule is Cc1cc([N+](=O)[O-])ccc1C(=O)N1CCC2NCCC2C1.Cl. The van der Waals surface area contributed by atoms with E-state index < -0.39 is 4.92 Å². The number of nitrogens with one attached hydrogen (secondary N) is 1. The van der Waals surface area contributed by atoms with Gasteiger partial charge in [0.1, 0.15) is 0 Å². The van der Waals surface area contributed by atoms with Gasteiger partial charge in [-0.1, -0.05) is 0 Å². The number of halogens is 1. The van der Waals surface area contributed by atoms with Gasteiger partial charge in [-0.3, -0.25) is 14.9 Å². The summed E-state index contributed by atoms with van der Waals surface area (Å²) in [6.45, 7) is 4.33. The zero-order valence-corrected chi connectivity index (χ0v) is 13.3. The van der Waals surface area contributed by atoms with Crippen molar-refractivity contribution >= 4 is 24.0 Å². The van der Waals surface area contributed by atoms with Crippen LogP contribution in [-0.4, -0.2) is 41.4 Å². The van der Waals surface area contributed by atoms with Crippen LogP contribution < -0.4 is 5.32 Å². The fraction of sp³-hybridized carbons (Fsp3) is 0.533. The minimum atomic E-state index is -0.434. The molecule has 1 aromatic carbocycles. The lowest BCUT2D eigenvalue weighted by Crippen LogP contribution is -2.47. The fourth-order valence-corrected chi connectivity index (χ4v) is 3.40. The van der Waals surface area contributed by atoms with Crippen molar-refractivity contribution in [2.75, 3.05) is 19.6 Å². The standard InChI is InChI=1S/C15H19N3O3.ClH/c1-10-8-12(18(20)21)2-3-13(10)15(19)17-7-5-14-11(9-17)4-6-16-14;/h2-3,8,11,14,16H,4-7,9H2,1H3;1H. The van der Waals surface area contributed by atoms with Crippen LogP contribution in [0.1, 0.15) is 28.8 Å². The van der Waals surface area contributed by atoms with Crippen LogP contribution in [0.4, 0.5) is 5.69 Å². The molecule has 0 aromatic heterocycles. The first-order chi connectivity index (χ1) is 10.1. The molecule has 0 aliphatic carbocycles. The van der Waals surface area contributed by atoms with E-state index in [2.05, 4.69) is 5.32 Å². The lowest BCUT2D eigenvalue weighted by molar-refractivity contribution is -0.384. The lowest BCUT2D eigenvalue weighted by Gasteiger charge is -2.35. The largest absolute Gasteiger partial charge is 0.338 e. The van der Waals surface area contributed by atoms with Gasteiger partial charge in [-0.25, -0.2) is 0 Å². The van der Waals surface area contributed by atoms with Gasteiger partial charge in [-0.2, -0.15) is 0 Å². The number of carbonyl (C=O) groups excluding carboxylic acids is 1. The molecule has 0 bridgehead atoms. The Labute approximate surface area is 135 Å². The highest BCUT2D eigenvalue weighted by Crippen LogP contribution is 2.26. The van der Waals surface area contributed by atoms with Crippen LogP contribution in [-0.2, 0) is 0 Å². The minimum Gasteiger partial charge on any atom is -0.338 e. The van der Waals surface area contributed by atoms with E-state index in [4.69, 9.17) is 0 Å². The Morgan fingerprint density at radius 2 is 2.18 bits per heavy atom. The second-order valence-electron chi connectivity index (χ2n) is 5.91. The Hall–Kier alpha value is -1.66. The molecule has 7 heteroatoms. The Balaban J connectivity index is 0.00000176. The molecule has 2 fully saturated rings. The molecule has 0 spiro atoms. The van der Waals surface area contributed by atoms with Crippen molar-refractivity contribution in [3.05, 3.63) is 39.4 Å². The van der Waals surface area contributed by atoms with Crippen molar-refractivity contribution in [2.24, 2.45) is 5.92 Å². The fourth-order valence-electron chi connectivity index (χ4n) is 3.40. The van der Waals surface area contributed by atoms with E-state index in [1.54, 1.807) is 13.0 Å². The third-order valence-corrected chi connectivity index (χ3v) is 4.59. The number of fused-ring (bicyclic) bond motifs is 1. The average Bonchev–Trinajstić information content (AvgIpc) is 2.93. The van der Waals surface area contributed by atoms with E-state index in [1.165, 1.54) is 12.1 Å². The molecule has 2 aliphatic rings. The Morgan fingerprint density at radius 1 is 1.41 bits per heavy atom. The maximum Gasteiger partial charge on any atom is 0.269 e. The molecule has 1 aromatic rings. The summed E-state index contributed by atoms with van der Waals surface area (Å²) in [5.74, 6) is 0.536. The van der Waals surface area contributed by atoms with Gasteiger partial charge in [0.25, 0.3) is 11.6 Å². The van der Waals surface area contributed by atoms with E-state index in [9.17, 15) is 14.9 Å². The number of amides is 1. The molecular formula is C15H20ClN3O3. The maximum absolute atomic E-state index is 12.6. The summed E-state index contributed by atoms with van der Waals surface area (Å²) in [5, 5.41) is 14.2. The van der Waals surface area contributed by atoms with Gasteiger partial charge >= 0.3 is 0 Å². The monoisotopic (exact) mass is 325 g/mol. The number of carbonyl (C=O) groups is 1. The molecule has 120 valence electrons. The number of aryl methyl sites for hydroxylation is 1. The number of non-ortho nitro benzene ring substituents is 1. The van der Waals surface area contributed by atoms with Crippen LogP contribution in [0.3, 0.4) is 0 Å². The summed E-state index contributed by atoms with van der Waals surface area (Å²) in [5.41, 5.74) is 1.27. The molecule has 0 radical (unpaired) electrons. The van der Waals surface area contributed by atoms with Gasteiger partial charge in [0, 0.05) is 36.8 Å². The Morgan fingerprint density at radius 3 is 2.86 bits per heavy atom. The highest BCUT2D eigenvalue weighted by Gasteiger charge is 2.34. The molecule has 2 unspecified atom stereocenters. The number of hydrogen-bond acceptors (Lipinski definition) is 4. The molecule has 1 amide bonds. The Bertz CT molecular complexity index is 593. The topological polar surface area (TPSA) is 75.5 Å². The van der Waals surface area contributed by atoms with E-state index in [0.29, 0.717) is 23.1 Å². The minimum absolute atomic E-state index is 0. The normalized spacial score (nSPS) is 23.6. The second kappa shape index (κ2) is 6.62. The number of nitro groups is 1. The summed E-state index contributed by atoms with van der Waals surface area (Å²) in [7, 11) is 0. The number of hydrogen-bond donors (Lipinski definition) is 1.